The molecular formula is C6H10O4. The quantitative estimate of drug-likeness (QED) is 0.461. The fraction of sp³-hybridized carbons (Fsp3) is 0.833. The number of aliphatic hydroxyl groups is 2. The first-order chi connectivity index (χ1) is 4.66. The first kappa shape index (κ1) is 7.50. The summed E-state index contributed by atoms with van der Waals surface area (Å²) in [5.74, 6) is -0.941. The van der Waals surface area contributed by atoms with E-state index in [1.807, 2.05) is 0 Å². The molecule has 1 saturated heterocycles. The van der Waals surface area contributed by atoms with Crippen molar-refractivity contribution >= 4 is 5.97 Å². The van der Waals surface area contributed by atoms with Crippen molar-refractivity contribution in [1.29, 1.82) is 0 Å². The molecular weight excluding hydrogens is 136 g/mol. The molecule has 0 saturated carbocycles. The Balaban J connectivity index is 2.61. The van der Waals surface area contributed by atoms with Crippen LogP contribution in [-0.2, 0) is 9.53 Å². The summed E-state index contributed by atoms with van der Waals surface area (Å²) < 4.78 is 4.60. The molecule has 58 valence electrons. The lowest BCUT2D eigenvalue weighted by molar-refractivity contribution is -0.145. The third-order valence-corrected chi connectivity index (χ3v) is 1.71. The summed E-state index contributed by atoms with van der Waals surface area (Å²) in [6.45, 7) is 1.26. The van der Waals surface area contributed by atoms with Crippen LogP contribution >= 0.6 is 0 Å². The SMILES string of the molecule is C[C@@H]1C(=O)O[C@H](CO)C1O. The molecule has 0 spiro atoms. The van der Waals surface area contributed by atoms with E-state index in [0.29, 0.717) is 0 Å². The maximum atomic E-state index is 10.7. The van der Waals surface area contributed by atoms with Gasteiger partial charge in [0.15, 0.2) is 6.10 Å². The number of hydrogen-bond donors (Lipinski definition) is 2. The van der Waals surface area contributed by atoms with E-state index in [1.54, 1.807) is 6.92 Å². The molecule has 0 radical (unpaired) electrons. The van der Waals surface area contributed by atoms with Crippen molar-refractivity contribution in [2.24, 2.45) is 5.92 Å². The lowest BCUT2D eigenvalue weighted by Crippen LogP contribution is -2.27. The van der Waals surface area contributed by atoms with Crippen LogP contribution in [0.25, 0.3) is 0 Å². The van der Waals surface area contributed by atoms with Gasteiger partial charge in [-0.15, -0.1) is 0 Å². The predicted molar refractivity (Wildman–Crippen MR) is 32.1 cm³/mol. The van der Waals surface area contributed by atoms with Crippen LogP contribution in [0.1, 0.15) is 6.92 Å². The standard InChI is InChI=1S/C6H10O4/c1-3-5(8)4(2-7)10-6(3)9/h3-5,7-8H,2H2,1H3/t3-,4+,5?/m0/s1. The Morgan fingerprint density at radius 3 is 2.50 bits per heavy atom. The first-order valence-electron chi connectivity index (χ1n) is 3.16. The van der Waals surface area contributed by atoms with Crippen LogP contribution in [0.5, 0.6) is 0 Å². The summed E-state index contributed by atoms with van der Waals surface area (Å²) in [5, 5.41) is 17.7. The number of ether oxygens (including phenoxy) is 1. The topological polar surface area (TPSA) is 66.8 Å². The third-order valence-electron chi connectivity index (χ3n) is 1.71. The molecule has 4 heteroatoms. The molecule has 10 heavy (non-hydrogen) atoms. The summed E-state index contributed by atoms with van der Waals surface area (Å²) in [7, 11) is 0. The van der Waals surface area contributed by atoms with Gasteiger partial charge in [0.25, 0.3) is 0 Å². The normalized spacial score (nSPS) is 39.9. The van der Waals surface area contributed by atoms with E-state index in [0.717, 1.165) is 0 Å². The molecule has 0 amide bonds. The summed E-state index contributed by atoms with van der Waals surface area (Å²) >= 11 is 0. The minimum atomic E-state index is -0.850. The van der Waals surface area contributed by atoms with E-state index < -0.39 is 24.1 Å². The monoisotopic (exact) mass is 146 g/mol. The Labute approximate surface area is 58.4 Å². The molecule has 1 aliphatic heterocycles. The lowest BCUT2D eigenvalue weighted by atomic mass is 10.0. The van der Waals surface area contributed by atoms with Crippen molar-refractivity contribution < 1.29 is 19.7 Å². The van der Waals surface area contributed by atoms with Crippen molar-refractivity contribution in [2.75, 3.05) is 6.61 Å². The van der Waals surface area contributed by atoms with Crippen LogP contribution in [0, 0.1) is 5.92 Å². The number of hydrogen-bond acceptors (Lipinski definition) is 4. The highest BCUT2D eigenvalue weighted by atomic mass is 16.6. The van der Waals surface area contributed by atoms with Crippen LogP contribution in [0.2, 0.25) is 0 Å². The Kier molecular flexibility index (Phi) is 1.92. The minimum Gasteiger partial charge on any atom is -0.457 e. The summed E-state index contributed by atoms with van der Waals surface area (Å²) in [6.07, 6.45) is -1.57. The second kappa shape index (κ2) is 2.56. The molecule has 0 aliphatic carbocycles. The van der Waals surface area contributed by atoms with Gasteiger partial charge in [-0.3, -0.25) is 4.79 Å². The van der Waals surface area contributed by atoms with Gasteiger partial charge in [0, 0.05) is 0 Å². The van der Waals surface area contributed by atoms with Gasteiger partial charge in [-0.05, 0) is 6.92 Å². The van der Waals surface area contributed by atoms with Gasteiger partial charge in [0.2, 0.25) is 0 Å². The molecule has 1 aliphatic rings. The molecule has 0 aromatic carbocycles. The summed E-state index contributed by atoms with van der Waals surface area (Å²) in [6, 6.07) is 0. The van der Waals surface area contributed by atoms with E-state index in [4.69, 9.17) is 10.2 Å². The molecule has 2 N–H and O–H groups in total. The molecule has 0 bridgehead atoms. The van der Waals surface area contributed by atoms with Gasteiger partial charge >= 0.3 is 5.97 Å². The van der Waals surface area contributed by atoms with Gasteiger partial charge < -0.3 is 14.9 Å². The molecule has 4 nitrogen and oxygen atoms in total. The van der Waals surface area contributed by atoms with E-state index in [-0.39, 0.29) is 6.61 Å². The molecule has 1 fully saturated rings. The van der Waals surface area contributed by atoms with Gasteiger partial charge in [0.05, 0.1) is 12.5 Å². The van der Waals surface area contributed by atoms with Crippen molar-refractivity contribution in [3.8, 4) is 0 Å². The number of carbonyl (C=O) groups is 1. The predicted octanol–water partition coefficient (Wildman–Crippen LogP) is -1.10. The highest BCUT2D eigenvalue weighted by molar-refractivity contribution is 5.75. The van der Waals surface area contributed by atoms with Crippen molar-refractivity contribution in [3.05, 3.63) is 0 Å². The van der Waals surface area contributed by atoms with Crippen LogP contribution in [0.4, 0.5) is 0 Å². The van der Waals surface area contributed by atoms with Crippen LogP contribution < -0.4 is 0 Å². The molecule has 1 unspecified atom stereocenters. The van der Waals surface area contributed by atoms with Crippen molar-refractivity contribution in [2.45, 2.75) is 19.1 Å². The highest BCUT2D eigenvalue weighted by Crippen LogP contribution is 2.20. The number of aliphatic hydroxyl groups excluding tert-OH is 2. The number of cyclic esters (lactones) is 1. The van der Waals surface area contributed by atoms with Crippen molar-refractivity contribution in [1.82, 2.24) is 0 Å². The number of carbonyl (C=O) groups excluding carboxylic acids is 1. The van der Waals surface area contributed by atoms with E-state index in [9.17, 15) is 4.79 Å². The Hall–Kier alpha value is -0.610. The van der Waals surface area contributed by atoms with E-state index >= 15 is 0 Å². The minimum absolute atomic E-state index is 0.308. The molecule has 1 heterocycles. The second-order valence-corrected chi connectivity index (χ2v) is 2.44. The average molecular weight is 146 g/mol. The maximum absolute atomic E-state index is 10.7. The zero-order valence-electron chi connectivity index (χ0n) is 5.65. The highest BCUT2D eigenvalue weighted by Gasteiger charge is 2.39. The van der Waals surface area contributed by atoms with Crippen LogP contribution in [0.15, 0.2) is 0 Å². The summed E-state index contributed by atoms with van der Waals surface area (Å²) in [4.78, 5) is 10.7. The Morgan fingerprint density at radius 2 is 2.30 bits per heavy atom. The van der Waals surface area contributed by atoms with Gasteiger partial charge in [-0.2, -0.15) is 0 Å². The fourth-order valence-corrected chi connectivity index (χ4v) is 0.933. The maximum Gasteiger partial charge on any atom is 0.311 e. The molecule has 3 atom stereocenters. The van der Waals surface area contributed by atoms with Gasteiger partial charge in [0.1, 0.15) is 6.10 Å². The Bertz CT molecular complexity index is 145. The second-order valence-electron chi connectivity index (χ2n) is 2.44. The number of rotatable bonds is 1. The van der Waals surface area contributed by atoms with E-state index in [2.05, 4.69) is 4.74 Å². The summed E-state index contributed by atoms with van der Waals surface area (Å²) in [5.41, 5.74) is 0. The molecule has 0 aromatic rings. The van der Waals surface area contributed by atoms with Crippen molar-refractivity contribution in [3.63, 3.8) is 0 Å². The molecule has 0 aromatic heterocycles. The zero-order valence-corrected chi connectivity index (χ0v) is 5.65. The largest absolute Gasteiger partial charge is 0.457 e. The first-order valence-corrected chi connectivity index (χ1v) is 3.16. The Morgan fingerprint density at radius 1 is 1.70 bits per heavy atom. The van der Waals surface area contributed by atoms with Gasteiger partial charge in [-0.1, -0.05) is 0 Å². The fourth-order valence-electron chi connectivity index (χ4n) is 0.933. The van der Waals surface area contributed by atoms with Crippen LogP contribution in [0.3, 0.4) is 0 Å². The zero-order chi connectivity index (χ0) is 7.72. The average Bonchev–Trinajstić information content (AvgIpc) is 2.17. The van der Waals surface area contributed by atoms with Crippen LogP contribution in [-0.4, -0.2) is 35.0 Å². The van der Waals surface area contributed by atoms with E-state index in [1.165, 1.54) is 0 Å². The molecule has 1 rings (SSSR count). The van der Waals surface area contributed by atoms with Gasteiger partial charge in [-0.25, -0.2) is 0 Å². The smallest absolute Gasteiger partial charge is 0.311 e. The lowest BCUT2D eigenvalue weighted by Gasteiger charge is -2.09. The number of esters is 1. The third kappa shape index (κ3) is 0.998.